The fourth-order valence-electron chi connectivity index (χ4n) is 2.16. The van der Waals surface area contributed by atoms with Gasteiger partial charge in [-0.15, -0.1) is 0 Å². The van der Waals surface area contributed by atoms with Crippen molar-refractivity contribution in [1.82, 2.24) is 10.3 Å². The van der Waals surface area contributed by atoms with E-state index in [1.165, 1.54) is 19.3 Å². The Morgan fingerprint density at radius 2 is 2.33 bits per heavy atom. The predicted octanol–water partition coefficient (Wildman–Crippen LogP) is 1.64. The first-order valence-electron chi connectivity index (χ1n) is 6.66. The van der Waals surface area contributed by atoms with Crippen LogP contribution in [0, 0.1) is 0 Å². The van der Waals surface area contributed by atoms with Gasteiger partial charge >= 0.3 is 0 Å². The van der Waals surface area contributed by atoms with Gasteiger partial charge in [0.2, 0.25) is 0 Å². The van der Waals surface area contributed by atoms with Gasteiger partial charge in [-0.3, -0.25) is 9.78 Å². The van der Waals surface area contributed by atoms with Gasteiger partial charge in [0.1, 0.15) is 5.69 Å². The van der Waals surface area contributed by atoms with Crippen LogP contribution in [0.2, 0.25) is 0 Å². The lowest BCUT2D eigenvalue weighted by molar-refractivity contribution is 0.0995. The lowest BCUT2D eigenvalue weighted by Gasteiger charge is -2.30. The van der Waals surface area contributed by atoms with Crippen molar-refractivity contribution in [2.75, 3.05) is 0 Å². The summed E-state index contributed by atoms with van der Waals surface area (Å²) in [7, 11) is 0. The highest BCUT2D eigenvalue weighted by molar-refractivity contribution is 5.90. The maximum Gasteiger partial charge on any atom is 0.267 e. The van der Waals surface area contributed by atoms with Crippen LogP contribution in [-0.4, -0.2) is 23.0 Å². The number of carbonyl (C=O) groups excluding carboxylic acids is 1. The standard InChI is InChI=1S/C14H21N3O/c1-10(17-12-3-2-4-12)5-6-11-7-8-13(14(15)18)16-9-11/h7-10,12,17H,2-6H2,1H3,(H2,15,18). The molecule has 1 fully saturated rings. The smallest absolute Gasteiger partial charge is 0.267 e. The molecule has 1 unspecified atom stereocenters. The molecule has 98 valence electrons. The van der Waals surface area contributed by atoms with Gasteiger partial charge in [-0.25, -0.2) is 0 Å². The molecule has 1 aliphatic carbocycles. The van der Waals surface area contributed by atoms with E-state index in [4.69, 9.17) is 5.73 Å². The van der Waals surface area contributed by atoms with Gasteiger partial charge in [0.15, 0.2) is 0 Å². The number of rotatable bonds is 6. The highest BCUT2D eigenvalue weighted by Crippen LogP contribution is 2.19. The lowest BCUT2D eigenvalue weighted by Crippen LogP contribution is -2.41. The minimum Gasteiger partial charge on any atom is -0.364 e. The van der Waals surface area contributed by atoms with E-state index in [9.17, 15) is 4.79 Å². The topological polar surface area (TPSA) is 68.0 Å². The van der Waals surface area contributed by atoms with Crippen molar-refractivity contribution < 1.29 is 4.79 Å². The first-order valence-corrected chi connectivity index (χ1v) is 6.66. The summed E-state index contributed by atoms with van der Waals surface area (Å²) >= 11 is 0. The monoisotopic (exact) mass is 247 g/mol. The number of pyridine rings is 1. The number of carbonyl (C=O) groups is 1. The Bertz CT molecular complexity index is 398. The Hall–Kier alpha value is -1.42. The number of aromatic nitrogens is 1. The first-order chi connectivity index (χ1) is 8.65. The highest BCUT2D eigenvalue weighted by atomic mass is 16.1. The third-order valence-corrected chi connectivity index (χ3v) is 3.57. The first kappa shape index (κ1) is 13.0. The van der Waals surface area contributed by atoms with Crippen LogP contribution >= 0.6 is 0 Å². The predicted molar refractivity (Wildman–Crippen MR) is 71.3 cm³/mol. The van der Waals surface area contributed by atoms with E-state index >= 15 is 0 Å². The minimum atomic E-state index is -0.471. The van der Waals surface area contributed by atoms with Gasteiger partial charge in [-0.05, 0) is 44.2 Å². The summed E-state index contributed by atoms with van der Waals surface area (Å²) in [6.07, 6.45) is 7.82. The number of aryl methyl sites for hydroxylation is 1. The summed E-state index contributed by atoms with van der Waals surface area (Å²) in [5.41, 5.74) is 6.64. The summed E-state index contributed by atoms with van der Waals surface area (Å²) in [5.74, 6) is -0.471. The molecule has 2 rings (SSSR count). The van der Waals surface area contributed by atoms with Crippen LogP contribution in [0.15, 0.2) is 18.3 Å². The maximum atomic E-state index is 10.9. The van der Waals surface area contributed by atoms with Gasteiger partial charge in [0, 0.05) is 18.3 Å². The van der Waals surface area contributed by atoms with Crippen LogP contribution in [0.5, 0.6) is 0 Å². The summed E-state index contributed by atoms with van der Waals surface area (Å²) in [6, 6.07) is 4.90. The molecule has 0 radical (unpaired) electrons. The summed E-state index contributed by atoms with van der Waals surface area (Å²) in [4.78, 5) is 14.9. The third-order valence-electron chi connectivity index (χ3n) is 3.57. The van der Waals surface area contributed by atoms with Crippen LogP contribution < -0.4 is 11.1 Å². The molecule has 1 aromatic rings. The Kier molecular flexibility index (Phi) is 4.31. The molecule has 1 aliphatic rings. The van der Waals surface area contributed by atoms with E-state index in [0.717, 1.165) is 24.4 Å². The zero-order valence-electron chi connectivity index (χ0n) is 10.9. The Morgan fingerprint density at radius 3 is 2.83 bits per heavy atom. The van der Waals surface area contributed by atoms with E-state index < -0.39 is 5.91 Å². The second-order valence-corrected chi connectivity index (χ2v) is 5.15. The molecular weight excluding hydrogens is 226 g/mol. The quantitative estimate of drug-likeness (QED) is 0.803. The number of nitrogens with one attached hydrogen (secondary N) is 1. The number of amides is 1. The fraction of sp³-hybridized carbons (Fsp3) is 0.571. The molecule has 1 heterocycles. The van der Waals surface area contributed by atoms with Gasteiger partial charge in [0.05, 0.1) is 0 Å². The molecule has 1 saturated carbocycles. The molecule has 0 bridgehead atoms. The molecule has 1 amide bonds. The van der Waals surface area contributed by atoms with Crippen molar-refractivity contribution in [3.63, 3.8) is 0 Å². The SMILES string of the molecule is CC(CCc1ccc(C(N)=O)nc1)NC1CCC1. The summed E-state index contributed by atoms with van der Waals surface area (Å²) < 4.78 is 0. The highest BCUT2D eigenvalue weighted by Gasteiger charge is 2.18. The van der Waals surface area contributed by atoms with E-state index in [1.807, 2.05) is 6.07 Å². The van der Waals surface area contributed by atoms with Crippen molar-refractivity contribution >= 4 is 5.91 Å². The molecule has 0 aromatic carbocycles. The molecule has 0 aliphatic heterocycles. The second-order valence-electron chi connectivity index (χ2n) is 5.15. The fourth-order valence-corrected chi connectivity index (χ4v) is 2.16. The molecule has 4 nitrogen and oxygen atoms in total. The van der Waals surface area contributed by atoms with E-state index in [2.05, 4.69) is 17.2 Å². The molecule has 1 aromatic heterocycles. The Balaban J connectivity index is 1.76. The summed E-state index contributed by atoms with van der Waals surface area (Å²) in [5, 5.41) is 3.62. The Labute approximate surface area is 108 Å². The molecule has 0 saturated heterocycles. The number of nitrogens with two attached hydrogens (primary N) is 1. The lowest BCUT2D eigenvalue weighted by atomic mass is 9.92. The van der Waals surface area contributed by atoms with Crippen LogP contribution in [-0.2, 0) is 6.42 Å². The van der Waals surface area contributed by atoms with Crippen LogP contribution in [0.4, 0.5) is 0 Å². The normalized spacial score (nSPS) is 17.2. The Morgan fingerprint density at radius 1 is 1.56 bits per heavy atom. The molecular formula is C14H21N3O. The van der Waals surface area contributed by atoms with Crippen molar-refractivity contribution in [2.24, 2.45) is 5.73 Å². The molecule has 1 atom stereocenters. The third kappa shape index (κ3) is 3.53. The molecule has 4 heteroatoms. The van der Waals surface area contributed by atoms with Gasteiger partial charge in [0.25, 0.3) is 5.91 Å². The average Bonchev–Trinajstić information content (AvgIpc) is 2.32. The van der Waals surface area contributed by atoms with Gasteiger partial charge < -0.3 is 11.1 Å². The van der Waals surface area contributed by atoms with Crippen molar-refractivity contribution in [3.8, 4) is 0 Å². The molecule has 0 spiro atoms. The molecule has 18 heavy (non-hydrogen) atoms. The van der Waals surface area contributed by atoms with E-state index in [0.29, 0.717) is 11.7 Å². The van der Waals surface area contributed by atoms with E-state index in [-0.39, 0.29) is 0 Å². The minimum absolute atomic E-state index is 0.333. The van der Waals surface area contributed by atoms with Crippen molar-refractivity contribution in [3.05, 3.63) is 29.6 Å². The largest absolute Gasteiger partial charge is 0.364 e. The van der Waals surface area contributed by atoms with Gasteiger partial charge in [-0.2, -0.15) is 0 Å². The van der Waals surface area contributed by atoms with Crippen LogP contribution in [0.1, 0.15) is 48.7 Å². The van der Waals surface area contributed by atoms with E-state index in [1.54, 1.807) is 12.3 Å². The van der Waals surface area contributed by atoms with Crippen LogP contribution in [0.25, 0.3) is 0 Å². The average molecular weight is 247 g/mol. The summed E-state index contributed by atoms with van der Waals surface area (Å²) in [6.45, 7) is 2.23. The van der Waals surface area contributed by atoms with Crippen molar-refractivity contribution in [2.45, 2.75) is 51.1 Å². The van der Waals surface area contributed by atoms with Gasteiger partial charge in [-0.1, -0.05) is 12.5 Å². The van der Waals surface area contributed by atoms with Crippen LogP contribution in [0.3, 0.4) is 0 Å². The number of hydrogen-bond donors (Lipinski definition) is 2. The maximum absolute atomic E-state index is 10.9. The number of nitrogens with zero attached hydrogens (tertiary/aromatic N) is 1. The number of hydrogen-bond acceptors (Lipinski definition) is 3. The molecule has 3 N–H and O–H groups in total. The van der Waals surface area contributed by atoms with Crippen molar-refractivity contribution in [1.29, 1.82) is 0 Å². The zero-order valence-corrected chi connectivity index (χ0v) is 10.9. The second kappa shape index (κ2) is 5.96. The number of primary amides is 1. The zero-order chi connectivity index (χ0) is 13.0.